The lowest BCUT2D eigenvalue weighted by molar-refractivity contribution is 0.117. The molecule has 5 nitrogen and oxygen atoms in total. The first kappa shape index (κ1) is 15.8. The van der Waals surface area contributed by atoms with Crippen LogP contribution in [0.5, 0.6) is 11.5 Å². The monoisotopic (exact) mass is 314 g/mol. The average Bonchev–Trinajstić information content (AvgIpc) is 3.02. The standard InChI is InChI=1S/C18H22N2O3/c1-22-15-5-2-4-14(10-15)18(21)13-20-9-7-17(12-20)23-16-6-3-8-19-11-16/h2-6,8,10-11,17-18,21H,7,9,12-13H2,1H3. The molecule has 0 amide bonds. The summed E-state index contributed by atoms with van der Waals surface area (Å²) in [5, 5.41) is 10.4. The number of hydrogen-bond donors (Lipinski definition) is 1. The van der Waals surface area contributed by atoms with Gasteiger partial charge in [0.2, 0.25) is 0 Å². The fraction of sp³-hybridized carbons (Fsp3) is 0.389. The zero-order valence-corrected chi connectivity index (χ0v) is 13.3. The van der Waals surface area contributed by atoms with E-state index >= 15 is 0 Å². The van der Waals surface area contributed by atoms with Gasteiger partial charge < -0.3 is 14.6 Å². The average molecular weight is 314 g/mol. The quantitative estimate of drug-likeness (QED) is 0.886. The highest BCUT2D eigenvalue weighted by Gasteiger charge is 2.26. The predicted octanol–water partition coefficient (Wildman–Crippen LogP) is 2.28. The van der Waals surface area contributed by atoms with Crippen LogP contribution in [0.2, 0.25) is 0 Å². The topological polar surface area (TPSA) is 54.8 Å². The molecular formula is C18H22N2O3. The minimum Gasteiger partial charge on any atom is -0.497 e. The van der Waals surface area contributed by atoms with Gasteiger partial charge in [0, 0.05) is 25.8 Å². The van der Waals surface area contributed by atoms with Gasteiger partial charge >= 0.3 is 0 Å². The molecule has 0 bridgehead atoms. The Labute approximate surface area is 136 Å². The van der Waals surface area contributed by atoms with Crippen molar-refractivity contribution in [2.24, 2.45) is 0 Å². The van der Waals surface area contributed by atoms with Gasteiger partial charge in [0.15, 0.2) is 0 Å². The molecule has 1 aromatic heterocycles. The molecule has 2 aromatic rings. The molecule has 2 heterocycles. The zero-order valence-electron chi connectivity index (χ0n) is 13.3. The van der Waals surface area contributed by atoms with Gasteiger partial charge in [-0.3, -0.25) is 9.88 Å². The lowest BCUT2D eigenvalue weighted by Crippen LogP contribution is -2.29. The van der Waals surface area contributed by atoms with Crippen LogP contribution in [0.25, 0.3) is 0 Å². The number of hydrogen-bond acceptors (Lipinski definition) is 5. The summed E-state index contributed by atoms with van der Waals surface area (Å²) in [7, 11) is 1.63. The molecule has 3 rings (SSSR count). The van der Waals surface area contributed by atoms with Crippen LogP contribution in [0, 0.1) is 0 Å². The summed E-state index contributed by atoms with van der Waals surface area (Å²) in [6, 6.07) is 11.4. The van der Waals surface area contributed by atoms with Gasteiger partial charge in [0.05, 0.1) is 19.4 Å². The molecule has 1 N–H and O–H groups in total. The smallest absolute Gasteiger partial charge is 0.138 e. The van der Waals surface area contributed by atoms with Crippen molar-refractivity contribution in [3.8, 4) is 11.5 Å². The molecule has 0 spiro atoms. The van der Waals surface area contributed by atoms with Crippen molar-refractivity contribution in [3.63, 3.8) is 0 Å². The summed E-state index contributed by atoms with van der Waals surface area (Å²) in [6.07, 6.45) is 4.05. The predicted molar refractivity (Wildman–Crippen MR) is 87.7 cm³/mol. The number of aromatic nitrogens is 1. The fourth-order valence-electron chi connectivity index (χ4n) is 2.87. The minimum atomic E-state index is -0.526. The molecule has 1 aliphatic heterocycles. The van der Waals surface area contributed by atoms with Crippen LogP contribution in [-0.2, 0) is 0 Å². The number of methoxy groups -OCH3 is 1. The Bertz CT molecular complexity index is 621. The number of pyridine rings is 1. The summed E-state index contributed by atoms with van der Waals surface area (Å²) in [4.78, 5) is 6.29. The van der Waals surface area contributed by atoms with Crippen LogP contribution in [0.15, 0.2) is 48.8 Å². The molecule has 0 saturated carbocycles. The number of rotatable bonds is 6. The number of likely N-dealkylation sites (tertiary alicyclic amines) is 1. The van der Waals surface area contributed by atoms with E-state index in [1.54, 1.807) is 19.5 Å². The molecule has 23 heavy (non-hydrogen) atoms. The van der Waals surface area contributed by atoms with E-state index in [9.17, 15) is 5.11 Å². The van der Waals surface area contributed by atoms with E-state index in [-0.39, 0.29) is 6.10 Å². The summed E-state index contributed by atoms with van der Waals surface area (Å²) >= 11 is 0. The Balaban J connectivity index is 1.53. The normalized spacial score (nSPS) is 19.5. The molecule has 122 valence electrons. The number of benzene rings is 1. The maximum absolute atomic E-state index is 10.4. The van der Waals surface area contributed by atoms with Gasteiger partial charge in [0.1, 0.15) is 17.6 Å². The van der Waals surface area contributed by atoms with Crippen molar-refractivity contribution in [1.29, 1.82) is 0 Å². The van der Waals surface area contributed by atoms with E-state index in [1.165, 1.54) is 0 Å². The van der Waals surface area contributed by atoms with Crippen LogP contribution < -0.4 is 9.47 Å². The van der Waals surface area contributed by atoms with Crippen LogP contribution in [0.1, 0.15) is 18.1 Å². The van der Waals surface area contributed by atoms with Crippen molar-refractivity contribution >= 4 is 0 Å². The van der Waals surface area contributed by atoms with Gasteiger partial charge in [-0.25, -0.2) is 0 Å². The van der Waals surface area contributed by atoms with Crippen LogP contribution >= 0.6 is 0 Å². The van der Waals surface area contributed by atoms with E-state index in [2.05, 4.69) is 9.88 Å². The highest BCUT2D eigenvalue weighted by molar-refractivity contribution is 5.30. The lowest BCUT2D eigenvalue weighted by atomic mass is 10.1. The largest absolute Gasteiger partial charge is 0.497 e. The molecular weight excluding hydrogens is 292 g/mol. The van der Waals surface area contributed by atoms with Gasteiger partial charge in [0.25, 0.3) is 0 Å². The third kappa shape index (κ3) is 4.21. The minimum absolute atomic E-state index is 0.150. The van der Waals surface area contributed by atoms with Gasteiger partial charge in [-0.2, -0.15) is 0 Å². The molecule has 2 unspecified atom stereocenters. The highest BCUT2D eigenvalue weighted by atomic mass is 16.5. The van der Waals surface area contributed by atoms with Gasteiger partial charge in [-0.1, -0.05) is 12.1 Å². The molecule has 5 heteroatoms. The lowest BCUT2D eigenvalue weighted by Gasteiger charge is -2.20. The number of aliphatic hydroxyl groups is 1. The second-order valence-corrected chi connectivity index (χ2v) is 5.77. The van der Waals surface area contributed by atoms with Gasteiger partial charge in [-0.05, 0) is 36.2 Å². The second-order valence-electron chi connectivity index (χ2n) is 5.77. The first-order valence-electron chi connectivity index (χ1n) is 7.85. The van der Waals surface area contributed by atoms with E-state index in [0.29, 0.717) is 6.54 Å². The van der Waals surface area contributed by atoms with Crippen molar-refractivity contribution < 1.29 is 14.6 Å². The molecule has 1 aromatic carbocycles. The Morgan fingerprint density at radius 1 is 1.30 bits per heavy atom. The molecule has 1 saturated heterocycles. The van der Waals surface area contributed by atoms with E-state index in [1.807, 2.05) is 36.4 Å². The van der Waals surface area contributed by atoms with E-state index < -0.39 is 6.10 Å². The van der Waals surface area contributed by atoms with E-state index in [4.69, 9.17) is 9.47 Å². The van der Waals surface area contributed by atoms with E-state index in [0.717, 1.165) is 36.6 Å². The number of aliphatic hydroxyl groups excluding tert-OH is 1. The molecule has 0 radical (unpaired) electrons. The number of β-amino-alcohol motifs (C(OH)–C–C–N with tert-alkyl or cyclic N) is 1. The SMILES string of the molecule is COc1cccc(C(O)CN2CCC(Oc3cccnc3)C2)c1. The van der Waals surface area contributed by atoms with Crippen molar-refractivity contribution in [2.45, 2.75) is 18.6 Å². The fourth-order valence-corrected chi connectivity index (χ4v) is 2.87. The Hall–Kier alpha value is -2.11. The second kappa shape index (κ2) is 7.44. The first-order chi connectivity index (χ1) is 11.2. The summed E-state index contributed by atoms with van der Waals surface area (Å²) < 4.78 is 11.1. The maximum atomic E-state index is 10.4. The summed E-state index contributed by atoms with van der Waals surface area (Å²) in [6.45, 7) is 2.34. The molecule has 1 aliphatic rings. The molecule has 1 fully saturated rings. The molecule has 0 aliphatic carbocycles. The number of nitrogens with zero attached hydrogens (tertiary/aromatic N) is 2. The Kier molecular flexibility index (Phi) is 5.10. The van der Waals surface area contributed by atoms with Crippen LogP contribution in [0.4, 0.5) is 0 Å². The first-order valence-corrected chi connectivity index (χ1v) is 7.85. The Morgan fingerprint density at radius 2 is 2.17 bits per heavy atom. The zero-order chi connectivity index (χ0) is 16.1. The highest BCUT2D eigenvalue weighted by Crippen LogP contribution is 2.23. The third-order valence-electron chi connectivity index (χ3n) is 4.08. The third-order valence-corrected chi connectivity index (χ3v) is 4.08. The van der Waals surface area contributed by atoms with Gasteiger partial charge in [-0.15, -0.1) is 0 Å². The Morgan fingerprint density at radius 3 is 2.96 bits per heavy atom. The maximum Gasteiger partial charge on any atom is 0.138 e. The summed E-state index contributed by atoms with van der Waals surface area (Å²) in [5.74, 6) is 1.56. The number of ether oxygens (including phenoxy) is 2. The summed E-state index contributed by atoms with van der Waals surface area (Å²) in [5.41, 5.74) is 0.876. The van der Waals surface area contributed by atoms with Crippen LogP contribution in [0.3, 0.4) is 0 Å². The van der Waals surface area contributed by atoms with Crippen molar-refractivity contribution in [1.82, 2.24) is 9.88 Å². The van der Waals surface area contributed by atoms with Crippen molar-refractivity contribution in [2.75, 3.05) is 26.7 Å². The molecule has 2 atom stereocenters. The van der Waals surface area contributed by atoms with Crippen LogP contribution in [-0.4, -0.2) is 47.8 Å². The van der Waals surface area contributed by atoms with Crippen molar-refractivity contribution in [3.05, 3.63) is 54.4 Å².